The molecule has 0 aliphatic heterocycles. The number of esters is 1. The number of benzene rings is 2. The van der Waals surface area contributed by atoms with Crippen molar-refractivity contribution in [3.8, 4) is 0 Å². The predicted molar refractivity (Wildman–Crippen MR) is 83.8 cm³/mol. The fourth-order valence-electron chi connectivity index (χ4n) is 1.79. The standard InChI is InChI=1S/C16H15BrFNO2/c1-2-21-16(20)12-4-6-13(7-5-12)19-10-11-3-8-14(17)15(18)9-11/h3-9,19H,2,10H2,1H3. The number of hydrogen-bond acceptors (Lipinski definition) is 3. The molecule has 0 unspecified atom stereocenters. The fraction of sp³-hybridized carbons (Fsp3) is 0.188. The van der Waals surface area contributed by atoms with Crippen molar-refractivity contribution in [3.63, 3.8) is 0 Å². The van der Waals surface area contributed by atoms with E-state index in [-0.39, 0.29) is 11.8 Å². The highest BCUT2D eigenvalue weighted by Gasteiger charge is 2.05. The van der Waals surface area contributed by atoms with Gasteiger partial charge >= 0.3 is 5.97 Å². The lowest BCUT2D eigenvalue weighted by atomic mass is 10.2. The molecule has 0 aromatic heterocycles. The molecule has 21 heavy (non-hydrogen) atoms. The van der Waals surface area contributed by atoms with Crippen molar-refractivity contribution in [2.24, 2.45) is 0 Å². The van der Waals surface area contributed by atoms with E-state index in [1.165, 1.54) is 6.07 Å². The third kappa shape index (κ3) is 4.29. The highest BCUT2D eigenvalue weighted by molar-refractivity contribution is 9.10. The summed E-state index contributed by atoms with van der Waals surface area (Å²) in [5.41, 5.74) is 2.20. The molecule has 0 saturated heterocycles. The van der Waals surface area contributed by atoms with E-state index in [2.05, 4.69) is 21.2 Å². The SMILES string of the molecule is CCOC(=O)c1ccc(NCc2ccc(Br)c(F)c2)cc1. The monoisotopic (exact) mass is 351 g/mol. The van der Waals surface area contributed by atoms with Crippen LogP contribution in [-0.4, -0.2) is 12.6 Å². The zero-order valence-electron chi connectivity index (χ0n) is 11.5. The van der Waals surface area contributed by atoms with E-state index in [1.54, 1.807) is 37.3 Å². The van der Waals surface area contributed by atoms with Gasteiger partial charge in [0.25, 0.3) is 0 Å². The molecule has 0 spiro atoms. The number of anilines is 1. The van der Waals surface area contributed by atoms with Crippen molar-refractivity contribution in [2.75, 3.05) is 11.9 Å². The zero-order valence-corrected chi connectivity index (χ0v) is 13.1. The second-order valence-electron chi connectivity index (χ2n) is 4.40. The minimum atomic E-state index is -0.334. The number of halogens is 2. The Morgan fingerprint density at radius 3 is 2.57 bits per heavy atom. The molecular weight excluding hydrogens is 337 g/mol. The van der Waals surface area contributed by atoms with Gasteiger partial charge in [0.1, 0.15) is 5.82 Å². The lowest BCUT2D eigenvalue weighted by Gasteiger charge is -2.08. The number of carbonyl (C=O) groups excluding carboxylic acids is 1. The van der Waals surface area contributed by atoms with Gasteiger partial charge in [0.15, 0.2) is 0 Å². The zero-order chi connectivity index (χ0) is 15.2. The first-order valence-corrected chi connectivity index (χ1v) is 7.34. The summed E-state index contributed by atoms with van der Waals surface area (Å²) in [5, 5.41) is 3.17. The Hall–Kier alpha value is -1.88. The average molecular weight is 352 g/mol. The Morgan fingerprint density at radius 1 is 1.24 bits per heavy atom. The van der Waals surface area contributed by atoms with Crippen LogP contribution in [0, 0.1) is 5.82 Å². The molecule has 0 bridgehead atoms. The molecular formula is C16H15BrFNO2. The van der Waals surface area contributed by atoms with Crippen LogP contribution < -0.4 is 5.32 Å². The van der Waals surface area contributed by atoms with Crippen molar-refractivity contribution >= 4 is 27.6 Å². The fourth-order valence-corrected chi connectivity index (χ4v) is 2.04. The summed E-state index contributed by atoms with van der Waals surface area (Å²) in [6.45, 7) is 2.63. The van der Waals surface area contributed by atoms with Crippen LogP contribution in [0.15, 0.2) is 46.9 Å². The molecule has 0 atom stereocenters. The molecule has 0 aliphatic carbocycles. The first kappa shape index (κ1) is 15.5. The highest BCUT2D eigenvalue weighted by Crippen LogP contribution is 2.17. The maximum absolute atomic E-state index is 13.4. The van der Waals surface area contributed by atoms with Crippen molar-refractivity contribution in [2.45, 2.75) is 13.5 Å². The van der Waals surface area contributed by atoms with E-state index in [1.807, 2.05) is 6.07 Å². The van der Waals surface area contributed by atoms with Crippen molar-refractivity contribution in [1.29, 1.82) is 0 Å². The minimum absolute atomic E-state index is 0.285. The van der Waals surface area contributed by atoms with Gasteiger partial charge < -0.3 is 10.1 Å². The van der Waals surface area contributed by atoms with Crippen LogP contribution in [0.25, 0.3) is 0 Å². The van der Waals surface area contributed by atoms with Crippen LogP contribution in [0.2, 0.25) is 0 Å². The second kappa shape index (κ2) is 7.22. The number of carbonyl (C=O) groups is 1. The van der Waals surface area contributed by atoms with E-state index in [0.29, 0.717) is 23.2 Å². The van der Waals surface area contributed by atoms with Gasteiger partial charge in [-0.05, 0) is 64.8 Å². The van der Waals surface area contributed by atoms with Gasteiger partial charge in [-0.3, -0.25) is 0 Å². The Balaban J connectivity index is 1.97. The average Bonchev–Trinajstić information content (AvgIpc) is 2.49. The largest absolute Gasteiger partial charge is 0.462 e. The van der Waals surface area contributed by atoms with Crippen molar-refractivity contribution < 1.29 is 13.9 Å². The van der Waals surface area contributed by atoms with Crippen LogP contribution in [0.3, 0.4) is 0 Å². The summed E-state index contributed by atoms with van der Waals surface area (Å²) in [6, 6.07) is 12.0. The molecule has 0 amide bonds. The topological polar surface area (TPSA) is 38.3 Å². The summed E-state index contributed by atoms with van der Waals surface area (Å²) < 4.78 is 18.8. The molecule has 2 aromatic carbocycles. The second-order valence-corrected chi connectivity index (χ2v) is 5.25. The predicted octanol–water partition coefficient (Wildman–Crippen LogP) is 4.38. The summed E-state index contributed by atoms with van der Waals surface area (Å²) >= 11 is 3.12. The van der Waals surface area contributed by atoms with Gasteiger partial charge in [-0.1, -0.05) is 6.07 Å². The normalized spacial score (nSPS) is 10.2. The van der Waals surface area contributed by atoms with E-state index < -0.39 is 0 Å². The molecule has 0 aliphatic rings. The number of nitrogens with one attached hydrogen (secondary N) is 1. The third-order valence-corrected chi connectivity index (χ3v) is 3.52. The van der Waals surface area contributed by atoms with Gasteiger partial charge in [-0.25, -0.2) is 9.18 Å². The lowest BCUT2D eigenvalue weighted by molar-refractivity contribution is 0.0526. The van der Waals surface area contributed by atoms with Crippen LogP contribution in [0.4, 0.5) is 10.1 Å². The van der Waals surface area contributed by atoms with Gasteiger partial charge in [-0.2, -0.15) is 0 Å². The van der Waals surface area contributed by atoms with E-state index >= 15 is 0 Å². The first-order chi connectivity index (χ1) is 10.1. The summed E-state index contributed by atoms with van der Waals surface area (Å²) in [6.07, 6.45) is 0. The molecule has 0 heterocycles. The van der Waals surface area contributed by atoms with Crippen LogP contribution >= 0.6 is 15.9 Å². The maximum atomic E-state index is 13.4. The molecule has 110 valence electrons. The highest BCUT2D eigenvalue weighted by atomic mass is 79.9. The molecule has 5 heteroatoms. The summed E-state index contributed by atoms with van der Waals surface area (Å²) in [4.78, 5) is 11.5. The molecule has 2 aromatic rings. The van der Waals surface area contributed by atoms with Crippen LogP contribution in [0.5, 0.6) is 0 Å². The third-order valence-electron chi connectivity index (χ3n) is 2.88. The summed E-state index contributed by atoms with van der Waals surface area (Å²) in [7, 11) is 0. The van der Waals surface area contributed by atoms with Gasteiger partial charge in [0, 0.05) is 12.2 Å². The van der Waals surface area contributed by atoms with E-state index in [9.17, 15) is 9.18 Å². The molecule has 2 rings (SSSR count). The van der Waals surface area contributed by atoms with E-state index in [4.69, 9.17) is 4.74 Å². The Bertz CT molecular complexity index is 629. The smallest absolute Gasteiger partial charge is 0.338 e. The number of hydrogen-bond donors (Lipinski definition) is 1. The first-order valence-electron chi connectivity index (χ1n) is 6.55. The van der Waals surface area contributed by atoms with Gasteiger partial charge in [0.05, 0.1) is 16.6 Å². The van der Waals surface area contributed by atoms with Crippen molar-refractivity contribution in [1.82, 2.24) is 0 Å². The number of ether oxygens (including phenoxy) is 1. The van der Waals surface area contributed by atoms with Crippen molar-refractivity contribution in [3.05, 3.63) is 63.9 Å². The van der Waals surface area contributed by atoms with Gasteiger partial charge in [0.2, 0.25) is 0 Å². The Morgan fingerprint density at radius 2 is 1.95 bits per heavy atom. The molecule has 0 radical (unpaired) electrons. The Kier molecular flexibility index (Phi) is 5.33. The summed E-state index contributed by atoms with van der Waals surface area (Å²) in [5.74, 6) is -0.619. The Labute approximate surface area is 131 Å². The molecule has 0 fully saturated rings. The lowest BCUT2D eigenvalue weighted by Crippen LogP contribution is -2.05. The van der Waals surface area contributed by atoms with Crippen LogP contribution in [0.1, 0.15) is 22.8 Å². The minimum Gasteiger partial charge on any atom is -0.462 e. The van der Waals surface area contributed by atoms with Crippen LogP contribution in [-0.2, 0) is 11.3 Å². The quantitative estimate of drug-likeness (QED) is 0.812. The van der Waals surface area contributed by atoms with Gasteiger partial charge in [-0.15, -0.1) is 0 Å². The molecule has 1 N–H and O–H groups in total. The maximum Gasteiger partial charge on any atom is 0.338 e. The molecule has 0 saturated carbocycles. The molecule has 3 nitrogen and oxygen atoms in total. The number of rotatable bonds is 5. The van der Waals surface area contributed by atoms with E-state index in [0.717, 1.165) is 11.3 Å².